The van der Waals surface area contributed by atoms with Gasteiger partial charge in [0.05, 0.1) is 0 Å². The lowest BCUT2D eigenvalue weighted by Gasteiger charge is -2.06. The van der Waals surface area contributed by atoms with Gasteiger partial charge in [0.25, 0.3) is 0 Å². The Bertz CT molecular complexity index is 196. The van der Waals surface area contributed by atoms with Crippen molar-refractivity contribution in [3.8, 4) is 0 Å². The molecule has 1 aliphatic rings. The molecule has 0 fully saturated rings. The van der Waals surface area contributed by atoms with Crippen molar-refractivity contribution >= 4 is 0 Å². The van der Waals surface area contributed by atoms with Gasteiger partial charge in [-0.15, -0.1) is 0 Å². The van der Waals surface area contributed by atoms with Crippen molar-refractivity contribution in [2.75, 3.05) is 13.2 Å². The second kappa shape index (κ2) is 10.8. The first-order valence-electron chi connectivity index (χ1n) is 7.63. The molecule has 1 aliphatic heterocycles. The third-order valence-corrected chi connectivity index (χ3v) is 3.60. The second-order valence-electron chi connectivity index (χ2n) is 5.38. The normalized spacial score (nSPS) is 26.1. The van der Waals surface area contributed by atoms with Crippen molar-refractivity contribution in [1.29, 1.82) is 0 Å². The third-order valence-electron chi connectivity index (χ3n) is 3.60. The van der Waals surface area contributed by atoms with E-state index in [4.69, 9.17) is 4.74 Å². The van der Waals surface area contributed by atoms with Crippen LogP contribution in [0.3, 0.4) is 0 Å². The van der Waals surface area contributed by atoms with E-state index in [0.29, 0.717) is 0 Å². The van der Waals surface area contributed by atoms with Gasteiger partial charge in [-0.2, -0.15) is 0 Å². The SMILES string of the molecule is C/C1=C\CCCCCCCCOCCCCC1. The quantitative estimate of drug-likeness (QED) is 0.523. The molecule has 100 valence electrons. The molecule has 0 aliphatic carbocycles. The minimum absolute atomic E-state index is 0.975. The van der Waals surface area contributed by atoms with E-state index in [1.54, 1.807) is 5.57 Å². The Morgan fingerprint density at radius 2 is 1.35 bits per heavy atom. The van der Waals surface area contributed by atoms with Gasteiger partial charge in [0, 0.05) is 13.2 Å². The molecule has 17 heavy (non-hydrogen) atoms. The maximum absolute atomic E-state index is 5.65. The molecular formula is C16H30O. The zero-order valence-electron chi connectivity index (χ0n) is 11.7. The Morgan fingerprint density at radius 1 is 0.765 bits per heavy atom. The van der Waals surface area contributed by atoms with Crippen molar-refractivity contribution in [2.45, 2.75) is 77.6 Å². The topological polar surface area (TPSA) is 9.23 Å². The van der Waals surface area contributed by atoms with Crippen LogP contribution in [-0.2, 0) is 4.74 Å². The fraction of sp³-hybridized carbons (Fsp3) is 0.875. The zero-order valence-corrected chi connectivity index (χ0v) is 11.7. The molecule has 0 radical (unpaired) electrons. The summed E-state index contributed by atoms with van der Waals surface area (Å²) in [6.45, 7) is 4.25. The Kier molecular flexibility index (Phi) is 9.40. The average molecular weight is 238 g/mol. The fourth-order valence-electron chi connectivity index (χ4n) is 2.39. The molecule has 0 atom stereocenters. The van der Waals surface area contributed by atoms with Crippen molar-refractivity contribution in [1.82, 2.24) is 0 Å². The summed E-state index contributed by atoms with van der Waals surface area (Å²) in [5, 5.41) is 0. The molecule has 0 aromatic carbocycles. The van der Waals surface area contributed by atoms with Crippen molar-refractivity contribution < 1.29 is 4.74 Å². The van der Waals surface area contributed by atoms with E-state index < -0.39 is 0 Å². The van der Waals surface area contributed by atoms with Crippen LogP contribution in [0, 0.1) is 0 Å². The minimum Gasteiger partial charge on any atom is -0.381 e. The Balaban J connectivity index is 2.18. The molecule has 0 aromatic rings. The highest BCUT2D eigenvalue weighted by atomic mass is 16.5. The monoisotopic (exact) mass is 238 g/mol. The van der Waals surface area contributed by atoms with Crippen LogP contribution in [-0.4, -0.2) is 13.2 Å². The molecule has 0 unspecified atom stereocenters. The van der Waals surface area contributed by atoms with Gasteiger partial charge in [-0.1, -0.05) is 43.8 Å². The maximum atomic E-state index is 5.65. The lowest BCUT2D eigenvalue weighted by atomic mass is 10.0. The zero-order chi connectivity index (χ0) is 12.2. The molecular weight excluding hydrogens is 208 g/mol. The van der Waals surface area contributed by atoms with Crippen LogP contribution in [0.25, 0.3) is 0 Å². The molecule has 1 heteroatoms. The molecule has 0 bridgehead atoms. The molecule has 1 heterocycles. The van der Waals surface area contributed by atoms with E-state index in [0.717, 1.165) is 13.2 Å². The molecule has 0 amide bonds. The molecule has 0 saturated heterocycles. The summed E-state index contributed by atoms with van der Waals surface area (Å²) in [7, 11) is 0. The maximum Gasteiger partial charge on any atom is 0.0466 e. The lowest BCUT2D eigenvalue weighted by Crippen LogP contribution is -1.97. The highest BCUT2D eigenvalue weighted by molar-refractivity contribution is 4.97. The van der Waals surface area contributed by atoms with Crippen LogP contribution in [0.4, 0.5) is 0 Å². The Labute approximate surface area is 108 Å². The standard InChI is InChI=1S/C16H30O/c1-16-12-8-5-3-2-4-6-10-14-17-15-11-7-9-13-16/h12H,2-11,13-15H2,1H3/b16-12+. The minimum atomic E-state index is 0.975. The molecule has 1 rings (SSSR count). The summed E-state index contributed by atoms with van der Waals surface area (Å²) >= 11 is 0. The Morgan fingerprint density at radius 3 is 2.12 bits per heavy atom. The highest BCUT2D eigenvalue weighted by Gasteiger charge is 1.96. The van der Waals surface area contributed by atoms with Crippen LogP contribution < -0.4 is 0 Å². The molecule has 0 saturated carbocycles. The number of ether oxygens (including phenoxy) is 1. The van der Waals surface area contributed by atoms with Gasteiger partial charge in [0.2, 0.25) is 0 Å². The van der Waals surface area contributed by atoms with Crippen molar-refractivity contribution in [2.24, 2.45) is 0 Å². The first-order chi connectivity index (χ1) is 8.39. The average Bonchev–Trinajstić information content (AvgIpc) is 2.32. The van der Waals surface area contributed by atoms with Gasteiger partial charge in [0.1, 0.15) is 0 Å². The lowest BCUT2D eigenvalue weighted by molar-refractivity contribution is 0.126. The van der Waals surface area contributed by atoms with E-state index in [2.05, 4.69) is 13.0 Å². The molecule has 0 spiro atoms. The molecule has 1 nitrogen and oxygen atoms in total. The van der Waals surface area contributed by atoms with Gasteiger partial charge in [-0.05, 0) is 45.4 Å². The number of allylic oxidation sites excluding steroid dienone is 2. The summed E-state index contributed by atoms with van der Waals surface area (Å²) in [6.07, 6.45) is 17.2. The molecule has 0 aromatic heterocycles. The number of hydrogen-bond acceptors (Lipinski definition) is 1. The van der Waals surface area contributed by atoms with Crippen molar-refractivity contribution in [3.05, 3.63) is 11.6 Å². The van der Waals surface area contributed by atoms with E-state index in [1.807, 2.05) is 0 Å². The van der Waals surface area contributed by atoms with Crippen LogP contribution >= 0.6 is 0 Å². The molecule has 0 N–H and O–H groups in total. The van der Waals surface area contributed by atoms with Gasteiger partial charge in [0.15, 0.2) is 0 Å². The predicted octanol–water partition coefficient (Wildman–Crippen LogP) is 5.25. The fourth-order valence-corrected chi connectivity index (χ4v) is 2.39. The van der Waals surface area contributed by atoms with Crippen molar-refractivity contribution in [3.63, 3.8) is 0 Å². The van der Waals surface area contributed by atoms with Gasteiger partial charge in [-0.3, -0.25) is 0 Å². The van der Waals surface area contributed by atoms with Crippen LogP contribution in [0.2, 0.25) is 0 Å². The summed E-state index contributed by atoms with van der Waals surface area (Å²) in [6, 6.07) is 0. The van der Waals surface area contributed by atoms with Gasteiger partial charge >= 0.3 is 0 Å². The van der Waals surface area contributed by atoms with E-state index in [9.17, 15) is 0 Å². The third kappa shape index (κ3) is 9.41. The Hall–Kier alpha value is -0.300. The first kappa shape index (κ1) is 14.8. The summed E-state index contributed by atoms with van der Waals surface area (Å²) in [5.41, 5.74) is 1.60. The van der Waals surface area contributed by atoms with Crippen LogP contribution in [0.1, 0.15) is 77.6 Å². The largest absolute Gasteiger partial charge is 0.381 e. The predicted molar refractivity (Wildman–Crippen MR) is 75.4 cm³/mol. The summed E-state index contributed by atoms with van der Waals surface area (Å²) < 4.78 is 5.65. The van der Waals surface area contributed by atoms with Crippen LogP contribution in [0.15, 0.2) is 11.6 Å². The first-order valence-corrected chi connectivity index (χ1v) is 7.63. The van der Waals surface area contributed by atoms with E-state index >= 15 is 0 Å². The number of rotatable bonds is 0. The number of hydrogen-bond donors (Lipinski definition) is 0. The van der Waals surface area contributed by atoms with Crippen LogP contribution in [0.5, 0.6) is 0 Å². The highest BCUT2D eigenvalue weighted by Crippen LogP contribution is 2.13. The van der Waals surface area contributed by atoms with E-state index in [-0.39, 0.29) is 0 Å². The van der Waals surface area contributed by atoms with E-state index in [1.165, 1.54) is 70.6 Å². The smallest absolute Gasteiger partial charge is 0.0466 e. The summed E-state index contributed by atoms with van der Waals surface area (Å²) in [4.78, 5) is 0. The van der Waals surface area contributed by atoms with Gasteiger partial charge in [-0.25, -0.2) is 0 Å². The summed E-state index contributed by atoms with van der Waals surface area (Å²) in [5.74, 6) is 0. The second-order valence-corrected chi connectivity index (χ2v) is 5.38. The van der Waals surface area contributed by atoms with Gasteiger partial charge < -0.3 is 4.74 Å².